The number of nitrogens with zero attached hydrogens (tertiary/aromatic N) is 5. The van der Waals surface area contributed by atoms with Crippen molar-refractivity contribution in [2.24, 2.45) is 7.05 Å². The molecule has 3 aromatic heterocycles. The molecule has 4 heterocycles. The van der Waals surface area contributed by atoms with Gasteiger partial charge in [0, 0.05) is 60.2 Å². The fourth-order valence-corrected chi connectivity index (χ4v) is 4.53. The lowest BCUT2D eigenvalue weighted by Gasteiger charge is -2.21. The molecule has 32 heavy (non-hydrogen) atoms. The van der Waals surface area contributed by atoms with Gasteiger partial charge in [-0.3, -0.25) is 9.36 Å². The fraction of sp³-hybridized carbons (Fsp3) is 0.261. The van der Waals surface area contributed by atoms with E-state index in [9.17, 15) is 4.39 Å². The lowest BCUT2D eigenvalue weighted by atomic mass is 9.94. The minimum absolute atomic E-state index is 0.254. The first kappa shape index (κ1) is 20.5. The first-order chi connectivity index (χ1) is 15.4. The Balaban J connectivity index is 1.84. The molecule has 1 aliphatic heterocycles. The Bertz CT molecular complexity index is 1340. The maximum atomic E-state index is 14.2. The second-order valence-electron chi connectivity index (χ2n) is 7.89. The van der Waals surface area contributed by atoms with Crippen molar-refractivity contribution in [1.82, 2.24) is 24.5 Å². The molecule has 1 unspecified atom stereocenters. The largest absolute Gasteiger partial charge is 0.482 e. The lowest BCUT2D eigenvalue weighted by molar-refractivity contribution is 0.227. The van der Waals surface area contributed by atoms with Gasteiger partial charge in [-0.1, -0.05) is 11.6 Å². The molecule has 0 fully saturated rings. The molecule has 7 nitrogen and oxygen atoms in total. The monoisotopic (exact) mass is 452 g/mol. The zero-order valence-corrected chi connectivity index (χ0v) is 18.7. The van der Waals surface area contributed by atoms with Gasteiger partial charge in [-0.15, -0.1) is 0 Å². The van der Waals surface area contributed by atoms with E-state index in [1.165, 1.54) is 12.1 Å². The lowest BCUT2D eigenvalue weighted by Crippen LogP contribution is -2.10. The summed E-state index contributed by atoms with van der Waals surface area (Å²) in [7, 11) is 1.86. The van der Waals surface area contributed by atoms with Gasteiger partial charge in [-0.05, 0) is 38.1 Å². The Morgan fingerprint density at radius 3 is 2.88 bits per heavy atom. The molecule has 1 aliphatic rings. The van der Waals surface area contributed by atoms with Crippen LogP contribution in [0.5, 0.6) is 5.75 Å². The van der Waals surface area contributed by atoms with E-state index in [0.717, 1.165) is 33.6 Å². The van der Waals surface area contributed by atoms with E-state index in [4.69, 9.17) is 27.2 Å². The molecule has 1 atom stereocenters. The van der Waals surface area contributed by atoms with E-state index in [0.29, 0.717) is 29.4 Å². The van der Waals surface area contributed by atoms with Gasteiger partial charge in [0.05, 0.1) is 11.4 Å². The molecule has 0 radical (unpaired) electrons. The van der Waals surface area contributed by atoms with Crippen molar-refractivity contribution in [2.45, 2.75) is 32.9 Å². The second-order valence-corrected chi connectivity index (χ2v) is 8.24. The number of benzene rings is 1. The summed E-state index contributed by atoms with van der Waals surface area (Å²) in [6.45, 7) is 4.50. The fourth-order valence-electron chi connectivity index (χ4n) is 4.28. The molecule has 0 saturated heterocycles. The van der Waals surface area contributed by atoms with Gasteiger partial charge >= 0.3 is 0 Å². The maximum absolute atomic E-state index is 14.2. The standard InChI is InChI=1S/C23H22ClFN6O/c1-4-31-21-13-8-19(23(26)27-10-13)32-12(2)17-9-15(25)5-6-16(17)20-14(11-30(3)28-20)7-18(21)22(24)29-31/h5-6,8-12H,4,7H2,1-3H3,(H2,26,27). The molecule has 0 aliphatic carbocycles. The van der Waals surface area contributed by atoms with Gasteiger partial charge in [-0.25, -0.2) is 9.37 Å². The third-order valence-electron chi connectivity index (χ3n) is 5.74. The molecule has 2 bridgehead atoms. The number of rotatable bonds is 1. The predicted molar refractivity (Wildman–Crippen MR) is 121 cm³/mol. The Morgan fingerprint density at radius 2 is 2.09 bits per heavy atom. The maximum Gasteiger partial charge on any atom is 0.166 e. The summed E-state index contributed by atoms with van der Waals surface area (Å²) >= 11 is 6.61. The van der Waals surface area contributed by atoms with Crippen LogP contribution in [0.4, 0.5) is 10.2 Å². The van der Waals surface area contributed by atoms with Crippen LogP contribution >= 0.6 is 11.6 Å². The number of nitrogen functional groups attached to an aromatic ring is 1. The number of hydrogen-bond acceptors (Lipinski definition) is 5. The molecule has 4 aromatic rings. The zero-order valence-electron chi connectivity index (χ0n) is 17.9. The smallest absolute Gasteiger partial charge is 0.166 e. The van der Waals surface area contributed by atoms with Crippen LogP contribution in [0, 0.1) is 5.82 Å². The van der Waals surface area contributed by atoms with Crippen molar-refractivity contribution >= 4 is 17.4 Å². The van der Waals surface area contributed by atoms with Gasteiger partial charge in [-0.2, -0.15) is 10.2 Å². The van der Waals surface area contributed by atoms with Crippen LogP contribution in [0.3, 0.4) is 0 Å². The number of aryl methyl sites for hydroxylation is 2. The number of ether oxygens (including phenoxy) is 1. The van der Waals surface area contributed by atoms with Gasteiger partial charge < -0.3 is 10.5 Å². The van der Waals surface area contributed by atoms with Crippen LogP contribution in [0.1, 0.15) is 36.6 Å². The number of halogens is 2. The van der Waals surface area contributed by atoms with Crippen LogP contribution in [-0.2, 0) is 20.0 Å². The van der Waals surface area contributed by atoms with Crippen molar-refractivity contribution < 1.29 is 9.13 Å². The van der Waals surface area contributed by atoms with E-state index in [1.54, 1.807) is 16.9 Å². The van der Waals surface area contributed by atoms with Gasteiger partial charge in [0.15, 0.2) is 16.7 Å². The van der Waals surface area contributed by atoms with E-state index in [2.05, 4.69) is 10.1 Å². The average Bonchev–Trinajstić information content (AvgIpc) is 3.28. The molecule has 164 valence electrons. The van der Waals surface area contributed by atoms with E-state index in [1.807, 2.05) is 37.8 Å². The predicted octanol–water partition coefficient (Wildman–Crippen LogP) is 4.78. The third-order valence-corrected chi connectivity index (χ3v) is 6.04. The second kappa shape index (κ2) is 7.63. The highest BCUT2D eigenvalue weighted by molar-refractivity contribution is 6.30. The number of aromatic nitrogens is 5. The summed E-state index contributed by atoms with van der Waals surface area (Å²) in [6, 6.07) is 6.48. The Kier molecular flexibility index (Phi) is 4.89. The highest BCUT2D eigenvalue weighted by Crippen LogP contribution is 2.39. The zero-order chi connectivity index (χ0) is 22.6. The molecule has 0 spiro atoms. The summed E-state index contributed by atoms with van der Waals surface area (Å²) in [6.07, 6.45) is 3.66. The quantitative estimate of drug-likeness (QED) is 0.449. The van der Waals surface area contributed by atoms with E-state index in [-0.39, 0.29) is 11.6 Å². The van der Waals surface area contributed by atoms with Crippen molar-refractivity contribution in [3.63, 3.8) is 0 Å². The highest BCUT2D eigenvalue weighted by Gasteiger charge is 2.26. The summed E-state index contributed by atoms with van der Waals surface area (Å²) in [5.74, 6) is 0.320. The Labute approximate surface area is 189 Å². The summed E-state index contributed by atoms with van der Waals surface area (Å²) in [4.78, 5) is 4.35. The average molecular weight is 453 g/mol. The van der Waals surface area contributed by atoms with Gasteiger partial charge in [0.2, 0.25) is 0 Å². The third kappa shape index (κ3) is 3.31. The Hall–Kier alpha value is -3.39. The molecule has 0 amide bonds. The van der Waals surface area contributed by atoms with Gasteiger partial charge in [0.1, 0.15) is 11.9 Å². The van der Waals surface area contributed by atoms with Gasteiger partial charge in [0.25, 0.3) is 0 Å². The van der Waals surface area contributed by atoms with E-state index < -0.39 is 6.10 Å². The first-order valence-corrected chi connectivity index (χ1v) is 10.7. The SMILES string of the molecule is CCn1nc(Cl)c2c1-c1cnc(N)c(c1)OC(C)c1cc(F)ccc1-c1nn(C)cc1C2. The summed E-state index contributed by atoms with van der Waals surface area (Å²) in [5, 5.41) is 9.64. The van der Waals surface area contributed by atoms with E-state index >= 15 is 0 Å². The Morgan fingerprint density at radius 1 is 1.28 bits per heavy atom. The topological polar surface area (TPSA) is 83.8 Å². The minimum atomic E-state index is -0.492. The molecule has 9 heteroatoms. The van der Waals surface area contributed by atoms with Crippen LogP contribution < -0.4 is 10.5 Å². The minimum Gasteiger partial charge on any atom is -0.482 e. The van der Waals surface area contributed by atoms with Crippen molar-refractivity contribution in [3.8, 4) is 28.3 Å². The normalized spacial score (nSPS) is 15.1. The highest BCUT2D eigenvalue weighted by atomic mass is 35.5. The number of anilines is 1. The molecule has 1 aromatic carbocycles. The number of hydrogen-bond donors (Lipinski definition) is 1. The molecular formula is C23H22ClFN6O. The van der Waals surface area contributed by atoms with Crippen LogP contribution in [0.25, 0.3) is 22.5 Å². The summed E-state index contributed by atoms with van der Waals surface area (Å²) in [5.41, 5.74) is 11.8. The van der Waals surface area contributed by atoms with Crippen LogP contribution in [0.15, 0.2) is 36.7 Å². The first-order valence-electron chi connectivity index (χ1n) is 10.4. The van der Waals surface area contributed by atoms with Crippen molar-refractivity contribution in [1.29, 1.82) is 0 Å². The van der Waals surface area contributed by atoms with Crippen molar-refractivity contribution in [3.05, 3.63) is 64.3 Å². The number of nitrogens with two attached hydrogens (primary N) is 1. The van der Waals surface area contributed by atoms with Crippen molar-refractivity contribution in [2.75, 3.05) is 5.73 Å². The molecule has 5 rings (SSSR count). The molecular weight excluding hydrogens is 431 g/mol. The van der Waals surface area contributed by atoms with Crippen LogP contribution in [-0.4, -0.2) is 24.5 Å². The number of pyridine rings is 1. The van der Waals surface area contributed by atoms with Crippen LogP contribution in [0.2, 0.25) is 5.15 Å². The summed E-state index contributed by atoms with van der Waals surface area (Å²) < 4.78 is 24.1. The molecule has 2 N–H and O–H groups in total. The number of fused-ring (bicyclic) bond motifs is 7. The molecule has 0 saturated carbocycles.